The summed E-state index contributed by atoms with van der Waals surface area (Å²) in [6.07, 6.45) is 5.62. The highest BCUT2D eigenvalue weighted by Gasteiger charge is 2.27. The van der Waals surface area contributed by atoms with Crippen LogP contribution in [0.5, 0.6) is 0 Å². The minimum atomic E-state index is -3.51. The highest BCUT2D eigenvalue weighted by molar-refractivity contribution is 7.89. The van der Waals surface area contributed by atoms with Crippen molar-refractivity contribution in [2.24, 2.45) is 7.05 Å². The fourth-order valence-corrected chi connectivity index (χ4v) is 4.86. The van der Waals surface area contributed by atoms with Crippen LogP contribution in [0.3, 0.4) is 0 Å². The Morgan fingerprint density at radius 1 is 1.40 bits per heavy atom. The molecule has 0 amide bonds. The van der Waals surface area contributed by atoms with Gasteiger partial charge in [-0.1, -0.05) is 18.9 Å². The molecule has 1 aliphatic carbocycles. The van der Waals surface area contributed by atoms with Gasteiger partial charge in [-0.15, -0.1) is 11.3 Å². The molecule has 0 aromatic carbocycles. The second-order valence-electron chi connectivity index (χ2n) is 5.10. The Balaban J connectivity index is 1.96. The van der Waals surface area contributed by atoms with Crippen LogP contribution >= 0.6 is 11.3 Å². The van der Waals surface area contributed by atoms with Gasteiger partial charge in [0.2, 0.25) is 10.0 Å². The number of hydrogen-bond donors (Lipinski definition) is 1. The highest BCUT2D eigenvalue weighted by atomic mass is 32.2. The third kappa shape index (κ3) is 2.65. The number of aromatic nitrogens is 2. The van der Waals surface area contributed by atoms with Crippen molar-refractivity contribution in [3.05, 3.63) is 23.7 Å². The van der Waals surface area contributed by atoms with Crippen LogP contribution in [0.4, 0.5) is 0 Å². The van der Waals surface area contributed by atoms with Crippen molar-refractivity contribution in [2.45, 2.75) is 36.6 Å². The third-order valence-corrected chi connectivity index (χ3v) is 5.91. The van der Waals surface area contributed by atoms with E-state index in [9.17, 15) is 8.42 Å². The fraction of sp³-hybridized carbons (Fsp3) is 0.462. The molecule has 1 N–H and O–H groups in total. The van der Waals surface area contributed by atoms with Gasteiger partial charge in [-0.25, -0.2) is 13.1 Å². The highest BCUT2D eigenvalue weighted by Crippen LogP contribution is 2.30. The molecular formula is C13H17N3O2S2. The molecule has 2 aromatic rings. The smallest absolute Gasteiger partial charge is 0.244 e. The maximum atomic E-state index is 12.6. The number of rotatable bonds is 4. The molecule has 2 aromatic heterocycles. The van der Waals surface area contributed by atoms with Crippen molar-refractivity contribution >= 4 is 21.4 Å². The third-order valence-electron chi connectivity index (χ3n) is 3.52. The van der Waals surface area contributed by atoms with E-state index in [2.05, 4.69) is 9.82 Å². The lowest BCUT2D eigenvalue weighted by Crippen LogP contribution is -2.32. The van der Waals surface area contributed by atoms with Crippen LogP contribution in [0.25, 0.3) is 10.6 Å². The molecule has 1 aliphatic rings. The molecule has 108 valence electrons. The Labute approximate surface area is 122 Å². The van der Waals surface area contributed by atoms with Crippen molar-refractivity contribution in [3.63, 3.8) is 0 Å². The number of aryl methyl sites for hydroxylation is 1. The summed E-state index contributed by atoms with van der Waals surface area (Å²) < 4.78 is 29.5. The molecule has 0 saturated heterocycles. The Hall–Kier alpha value is -1.18. The first kappa shape index (κ1) is 13.8. The lowest BCUT2D eigenvalue weighted by atomic mass is 10.3. The zero-order chi connectivity index (χ0) is 14.2. The average Bonchev–Trinajstić information content (AvgIpc) is 3.06. The van der Waals surface area contributed by atoms with E-state index in [0.717, 1.165) is 30.6 Å². The van der Waals surface area contributed by atoms with Crippen LogP contribution in [-0.4, -0.2) is 24.2 Å². The van der Waals surface area contributed by atoms with Gasteiger partial charge in [0.15, 0.2) is 0 Å². The maximum Gasteiger partial charge on any atom is 0.244 e. The summed E-state index contributed by atoms with van der Waals surface area (Å²) in [5, 5.41) is 6.22. The Kier molecular flexibility index (Phi) is 3.66. The molecule has 1 fully saturated rings. The molecule has 20 heavy (non-hydrogen) atoms. The lowest BCUT2D eigenvalue weighted by molar-refractivity contribution is 0.552. The summed E-state index contributed by atoms with van der Waals surface area (Å²) in [5.41, 5.74) is 0.535. The van der Waals surface area contributed by atoms with E-state index < -0.39 is 10.0 Å². The van der Waals surface area contributed by atoms with E-state index in [0.29, 0.717) is 5.69 Å². The van der Waals surface area contributed by atoms with Gasteiger partial charge in [0.1, 0.15) is 10.6 Å². The first-order valence-electron chi connectivity index (χ1n) is 6.66. The molecule has 0 spiro atoms. The predicted molar refractivity (Wildman–Crippen MR) is 79.1 cm³/mol. The second-order valence-corrected chi connectivity index (χ2v) is 7.73. The standard InChI is InChI=1S/C13H17N3O2S2/c1-16-9-12(13(14-16)11-7-4-8-19-11)20(17,18)15-10-5-2-3-6-10/h4,7-10,15H,2-3,5-6H2,1H3. The molecule has 1 saturated carbocycles. The monoisotopic (exact) mass is 311 g/mol. The average molecular weight is 311 g/mol. The summed E-state index contributed by atoms with van der Waals surface area (Å²) in [6, 6.07) is 3.85. The van der Waals surface area contributed by atoms with E-state index in [-0.39, 0.29) is 10.9 Å². The molecular weight excluding hydrogens is 294 g/mol. The lowest BCUT2D eigenvalue weighted by Gasteiger charge is -2.11. The van der Waals surface area contributed by atoms with Crippen LogP contribution in [0, 0.1) is 0 Å². The SMILES string of the molecule is Cn1cc(S(=O)(=O)NC2CCCC2)c(-c2cccs2)n1. The number of thiophene rings is 1. The summed E-state index contributed by atoms with van der Waals surface area (Å²) in [6.45, 7) is 0. The molecule has 3 rings (SSSR count). The molecule has 0 radical (unpaired) electrons. The van der Waals surface area contributed by atoms with E-state index in [1.807, 2.05) is 17.5 Å². The molecule has 0 atom stereocenters. The van der Waals surface area contributed by atoms with Crippen molar-refractivity contribution in [3.8, 4) is 10.6 Å². The van der Waals surface area contributed by atoms with Crippen LogP contribution in [0.15, 0.2) is 28.6 Å². The number of hydrogen-bond acceptors (Lipinski definition) is 4. The molecule has 0 unspecified atom stereocenters. The van der Waals surface area contributed by atoms with Gasteiger partial charge in [0, 0.05) is 19.3 Å². The van der Waals surface area contributed by atoms with Crippen molar-refractivity contribution in [1.82, 2.24) is 14.5 Å². The summed E-state index contributed by atoms with van der Waals surface area (Å²) >= 11 is 1.49. The van der Waals surface area contributed by atoms with Crippen LogP contribution in [-0.2, 0) is 17.1 Å². The number of sulfonamides is 1. The molecule has 7 heteroatoms. The number of nitrogens with one attached hydrogen (secondary N) is 1. The minimum absolute atomic E-state index is 0.0661. The van der Waals surface area contributed by atoms with Crippen LogP contribution < -0.4 is 4.72 Å². The Morgan fingerprint density at radius 2 is 2.15 bits per heavy atom. The van der Waals surface area contributed by atoms with E-state index in [1.165, 1.54) is 11.3 Å². The quantitative estimate of drug-likeness (QED) is 0.943. The zero-order valence-corrected chi connectivity index (χ0v) is 12.9. The summed E-state index contributed by atoms with van der Waals surface area (Å²) in [4.78, 5) is 1.15. The summed E-state index contributed by atoms with van der Waals surface area (Å²) in [7, 11) is -1.76. The van der Waals surface area contributed by atoms with Gasteiger partial charge in [-0.2, -0.15) is 5.10 Å². The topological polar surface area (TPSA) is 64.0 Å². The first-order valence-corrected chi connectivity index (χ1v) is 9.02. The largest absolute Gasteiger partial charge is 0.274 e. The second kappa shape index (κ2) is 5.31. The van der Waals surface area contributed by atoms with Gasteiger partial charge < -0.3 is 0 Å². The van der Waals surface area contributed by atoms with E-state index in [1.54, 1.807) is 17.9 Å². The molecule has 0 bridgehead atoms. The molecule has 0 aliphatic heterocycles. The molecule has 5 nitrogen and oxygen atoms in total. The van der Waals surface area contributed by atoms with Crippen molar-refractivity contribution in [2.75, 3.05) is 0 Å². The molecule has 2 heterocycles. The zero-order valence-electron chi connectivity index (χ0n) is 11.2. The van der Waals surface area contributed by atoms with Crippen molar-refractivity contribution < 1.29 is 8.42 Å². The van der Waals surface area contributed by atoms with Gasteiger partial charge in [0.25, 0.3) is 0 Å². The number of nitrogens with zero attached hydrogens (tertiary/aromatic N) is 2. The fourth-order valence-electron chi connectivity index (χ4n) is 2.57. The van der Waals surface area contributed by atoms with Crippen molar-refractivity contribution in [1.29, 1.82) is 0 Å². The van der Waals surface area contributed by atoms with Gasteiger partial charge >= 0.3 is 0 Å². The Morgan fingerprint density at radius 3 is 2.80 bits per heavy atom. The Bertz CT molecular complexity index is 683. The van der Waals surface area contributed by atoms with Crippen LogP contribution in [0.1, 0.15) is 25.7 Å². The normalized spacial score (nSPS) is 16.9. The van der Waals surface area contributed by atoms with Gasteiger partial charge in [-0.3, -0.25) is 4.68 Å². The summed E-state index contributed by atoms with van der Waals surface area (Å²) in [5.74, 6) is 0. The first-order chi connectivity index (χ1) is 9.56. The van der Waals surface area contributed by atoms with E-state index >= 15 is 0 Å². The predicted octanol–water partition coefficient (Wildman–Crippen LogP) is 2.37. The van der Waals surface area contributed by atoms with E-state index in [4.69, 9.17) is 0 Å². The van der Waals surface area contributed by atoms with Crippen LogP contribution in [0.2, 0.25) is 0 Å². The van der Waals surface area contributed by atoms with Gasteiger partial charge in [-0.05, 0) is 24.3 Å². The minimum Gasteiger partial charge on any atom is -0.274 e. The maximum absolute atomic E-state index is 12.6. The van der Waals surface area contributed by atoms with Gasteiger partial charge in [0.05, 0.1) is 4.88 Å².